The summed E-state index contributed by atoms with van der Waals surface area (Å²) in [5.41, 5.74) is 2.91. The molecule has 0 spiro atoms. The maximum Gasteiger partial charge on any atom is 0.248 e. The lowest BCUT2D eigenvalue weighted by Gasteiger charge is -2.04. The van der Waals surface area contributed by atoms with Gasteiger partial charge in [-0.3, -0.25) is 4.79 Å². The lowest BCUT2D eigenvalue weighted by Crippen LogP contribution is -2.07. The Kier molecular flexibility index (Phi) is 5.38. The van der Waals surface area contributed by atoms with Gasteiger partial charge in [-0.2, -0.15) is 0 Å². The van der Waals surface area contributed by atoms with E-state index in [1.165, 1.54) is 11.6 Å². The van der Waals surface area contributed by atoms with Gasteiger partial charge < -0.3 is 10.1 Å². The van der Waals surface area contributed by atoms with Gasteiger partial charge in [-0.05, 0) is 71.0 Å². The minimum atomic E-state index is -0.155. The molecule has 0 unspecified atom stereocenters. The maximum absolute atomic E-state index is 11.9. The largest absolute Gasteiger partial charge is 0.497 e. The minimum Gasteiger partial charge on any atom is -0.497 e. The Morgan fingerprint density at radius 3 is 2.76 bits per heavy atom. The first-order chi connectivity index (χ1) is 10.1. The second kappa shape index (κ2) is 7.26. The number of hydrogen-bond acceptors (Lipinski definition) is 2. The van der Waals surface area contributed by atoms with Gasteiger partial charge in [-0.25, -0.2) is 0 Å². The lowest BCUT2D eigenvalue weighted by atomic mass is 10.2. The minimum absolute atomic E-state index is 0.155. The van der Waals surface area contributed by atoms with E-state index in [0.717, 1.165) is 20.6 Å². The summed E-state index contributed by atoms with van der Waals surface area (Å²) in [6.07, 6.45) is 3.28. The van der Waals surface area contributed by atoms with Crippen LogP contribution in [-0.4, -0.2) is 13.0 Å². The second-order valence-corrected chi connectivity index (χ2v) is 5.73. The summed E-state index contributed by atoms with van der Waals surface area (Å²) < 4.78 is 6.27. The number of carbonyl (C=O) groups excluding carboxylic acids is 1. The average Bonchev–Trinajstić information content (AvgIpc) is 2.49. The van der Waals surface area contributed by atoms with E-state index in [0.29, 0.717) is 0 Å². The molecular formula is C17H16INO2. The molecule has 0 radical (unpaired) electrons. The first-order valence-electron chi connectivity index (χ1n) is 6.48. The first-order valence-corrected chi connectivity index (χ1v) is 7.55. The van der Waals surface area contributed by atoms with Gasteiger partial charge in [0.2, 0.25) is 5.91 Å². The zero-order valence-electron chi connectivity index (χ0n) is 11.9. The van der Waals surface area contributed by atoms with Crippen molar-refractivity contribution in [3.63, 3.8) is 0 Å². The van der Waals surface area contributed by atoms with Gasteiger partial charge >= 0.3 is 0 Å². The number of nitrogens with one attached hydrogen (secondary N) is 1. The molecule has 1 N–H and O–H groups in total. The number of hydrogen-bond donors (Lipinski definition) is 1. The highest BCUT2D eigenvalue weighted by molar-refractivity contribution is 14.1. The third kappa shape index (κ3) is 4.60. The van der Waals surface area contributed by atoms with Crippen molar-refractivity contribution in [3.05, 3.63) is 63.2 Å². The van der Waals surface area contributed by atoms with Gasteiger partial charge in [-0.1, -0.05) is 18.2 Å². The maximum atomic E-state index is 11.9. The average molecular weight is 393 g/mol. The summed E-state index contributed by atoms with van der Waals surface area (Å²) in [4.78, 5) is 11.9. The summed E-state index contributed by atoms with van der Waals surface area (Å²) in [6, 6.07) is 13.4. The van der Waals surface area contributed by atoms with Crippen LogP contribution < -0.4 is 10.1 Å². The zero-order valence-corrected chi connectivity index (χ0v) is 14.0. The van der Waals surface area contributed by atoms with Crippen molar-refractivity contribution in [2.24, 2.45) is 0 Å². The van der Waals surface area contributed by atoms with Crippen molar-refractivity contribution in [1.29, 1.82) is 0 Å². The van der Waals surface area contributed by atoms with Crippen LogP contribution in [0.5, 0.6) is 5.75 Å². The molecule has 2 rings (SSSR count). The van der Waals surface area contributed by atoms with Crippen molar-refractivity contribution < 1.29 is 9.53 Å². The number of amides is 1. The molecular weight excluding hydrogens is 377 g/mol. The first kappa shape index (κ1) is 15.6. The molecule has 0 saturated carbocycles. The number of methoxy groups -OCH3 is 1. The van der Waals surface area contributed by atoms with Crippen LogP contribution in [-0.2, 0) is 4.79 Å². The zero-order chi connectivity index (χ0) is 15.2. The molecule has 0 heterocycles. The number of rotatable bonds is 4. The summed E-state index contributed by atoms with van der Waals surface area (Å²) in [7, 11) is 1.62. The van der Waals surface area contributed by atoms with E-state index in [2.05, 4.69) is 27.9 Å². The van der Waals surface area contributed by atoms with E-state index < -0.39 is 0 Å². The fourth-order valence-electron chi connectivity index (χ4n) is 1.77. The molecule has 2 aromatic rings. The Hall–Kier alpha value is -1.82. The molecule has 0 atom stereocenters. The van der Waals surface area contributed by atoms with Crippen LogP contribution in [0.4, 0.5) is 5.69 Å². The number of anilines is 1. The summed E-state index contributed by atoms with van der Waals surface area (Å²) in [5.74, 6) is 0.614. The van der Waals surface area contributed by atoms with Crippen molar-refractivity contribution in [2.75, 3.05) is 12.4 Å². The number of ether oxygens (including phenoxy) is 1. The van der Waals surface area contributed by atoms with Crippen LogP contribution in [0, 0.1) is 10.5 Å². The molecule has 2 aromatic carbocycles. The highest BCUT2D eigenvalue weighted by atomic mass is 127. The Labute approximate surface area is 138 Å². The van der Waals surface area contributed by atoms with E-state index in [4.69, 9.17) is 4.74 Å². The Morgan fingerprint density at radius 1 is 1.24 bits per heavy atom. The SMILES string of the molecule is COc1cccc(/C=C/C(=O)Nc2ccc(C)c(I)c2)c1. The molecule has 0 saturated heterocycles. The molecule has 0 aliphatic heterocycles. The summed E-state index contributed by atoms with van der Waals surface area (Å²) in [5, 5.41) is 2.85. The Morgan fingerprint density at radius 2 is 2.05 bits per heavy atom. The molecule has 0 aromatic heterocycles. The molecule has 0 bridgehead atoms. The van der Waals surface area contributed by atoms with Gasteiger partial charge in [0.15, 0.2) is 0 Å². The fourth-order valence-corrected chi connectivity index (χ4v) is 2.29. The molecule has 0 aliphatic carbocycles. The lowest BCUT2D eigenvalue weighted by molar-refractivity contribution is -0.111. The van der Waals surface area contributed by atoms with Crippen molar-refractivity contribution in [3.8, 4) is 5.75 Å². The molecule has 1 amide bonds. The third-order valence-electron chi connectivity index (χ3n) is 2.96. The standard InChI is InChI=1S/C17H16INO2/c1-12-6-8-14(11-16(12)18)19-17(20)9-7-13-4-3-5-15(10-13)21-2/h3-11H,1-2H3,(H,19,20)/b9-7+. The highest BCUT2D eigenvalue weighted by Crippen LogP contribution is 2.17. The van der Waals surface area contributed by atoms with Gasteiger partial charge in [0.1, 0.15) is 5.75 Å². The molecule has 0 fully saturated rings. The van der Waals surface area contributed by atoms with Gasteiger partial charge in [0, 0.05) is 15.3 Å². The monoisotopic (exact) mass is 393 g/mol. The molecule has 0 aliphatic rings. The summed E-state index contributed by atoms with van der Waals surface area (Å²) in [6.45, 7) is 2.04. The van der Waals surface area contributed by atoms with Crippen LogP contribution in [0.1, 0.15) is 11.1 Å². The Balaban J connectivity index is 2.03. The van der Waals surface area contributed by atoms with Crippen LogP contribution >= 0.6 is 22.6 Å². The van der Waals surface area contributed by atoms with E-state index in [1.54, 1.807) is 13.2 Å². The number of aryl methyl sites for hydroxylation is 1. The van der Waals surface area contributed by atoms with Crippen molar-refractivity contribution in [1.82, 2.24) is 0 Å². The van der Waals surface area contributed by atoms with E-state index in [-0.39, 0.29) is 5.91 Å². The van der Waals surface area contributed by atoms with E-state index in [1.807, 2.05) is 49.4 Å². The molecule has 3 nitrogen and oxygen atoms in total. The van der Waals surface area contributed by atoms with Crippen LogP contribution in [0.3, 0.4) is 0 Å². The predicted molar refractivity (Wildman–Crippen MR) is 94.6 cm³/mol. The van der Waals surface area contributed by atoms with Crippen LogP contribution in [0.15, 0.2) is 48.5 Å². The highest BCUT2D eigenvalue weighted by Gasteiger charge is 2.00. The van der Waals surface area contributed by atoms with Crippen molar-refractivity contribution in [2.45, 2.75) is 6.92 Å². The number of benzene rings is 2. The smallest absolute Gasteiger partial charge is 0.248 e. The molecule has 4 heteroatoms. The van der Waals surface area contributed by atoms with Gasteiger partial charge in [0.25, 0.3) is 0 Å². The van der Waals surface area contributed by atoms with Crippen LogP contribution in [0.25, 0.3) is 6.08 Å². The summed E-state index contributed by atoms with van der Waals surface area (Å²) >= 11 is 2.25. The van der Waals surface area contributed by atoms with Crippen LogP contribution in [0.2, 0.25) is 0 Å². The normalized spacial score (nSPS) is 10.6. The predicted octanol–water partition coefficient (Wildman–Crippen LogP) is 4.26. The topological polar surface area (TPSA) is 38.3 Å². The number of halogens is 1. The van der Waals surface area contributed by atoms with Gasteiger partial charge in [-0.15, -0.1) is 0 Å². The van der Waals surface area contributed by atoms with Crippen molar-refractivity contribution >= 4 is 40.3 Å². The second-order valence-electron chi connectivity index (χ2n) is 4.56. The van der Waals surface area contributed by atoms with E-state index >= 15 is 0 Å². The Bertz CT molecular complexity index is 680. The number of carbonyl (C=O) groups is 1. The van der Waals surface area contributed by atoms with Gasteiger partial charge in [0.05, 0.1) is 7.11 Å². The third-order valence-corrected chi connectivity index (χ3v) is 4.12. The molecule has 21 heavy (non-hydrogen) atoms. The van der Waals surface area contributed by atoms with E-state index in [9.17, 15) is 4.79 Å². The fraction of sp³-hybridized carbons (Fsp3) is 0.118. The molecule has 108 valence electrons. The quantitative estimate of drug-likeness (QED) is 0.623.